The fourth-order valence-corrected chi connectivity index (χ4v) is 3.19. The number of hydrogen-bond acceptors (Lipinski definition) is 4. The molecule has 0 aliphatic heterocycles. The van der Waals surface area contributed by atoms with Crippen molar-refractivity contribution in [1.82, 2.24) is 5.32 Å². The third-order valence-electron chi connectivity index (χ3n) is 2.58. The molecule has 0 bridgehead atoms. The first-order valence-corrected chi connectivity index (χ1v) is 8.86. The minimum atomic E-state index is -3.36. The van der Waals surface area contributed by atoms with Crippen LogP contribution >= 0.6 is 15.9 Å². The van der Waals surface area contributed by atoms with Crippen molar-refractivity contribution in [3.63, 3.8) is 0 Å². The van der Waals surface area contributed by atoms with Gasteiger partial charge in [0.1, 0.15) is 5.75 Å². The van der Waals surface area contributed by atoms with E-state index in [9.17, 15) is 8.42 Å². The van der Waals surface area contributed by atoms with Gasteiger partial charge in [-0.3, -0.25) is 4.72 Å². The van der Waals surface area contributed by atoms with Gasteiger partial charge >= 0.3 is 0 Å². The molecule has 114 valence electrons. The molecule has 0 atom stereocenters. The predicted octanol–water partition coefficient (Wildman–Crippen LogP) is 2.59. The van der Waals surface area contributed by atoms with Gasteiger partial charge in [0.15, 0.2) is 0 Å². The van der Waals surface area contributed by atoms with Crippen molar-refractivity contribution < 1.29 is 13.2 Å². The topological polar surface area (TPSA) is 67.4 Å². The lowest BCUT2D eigenvalue weighted by Gasteiger charge is -2.12. The predicted molar refractivity (Wildman–Crippen MR) is 85.9 cm³/mol. The first kappa shape index (κ1) is 17.3. The molecule has 0 aliphatic rings. The third-order valence-corrected chi connectivity index (χ3v) is 4.63. The highest BCUT2D eigenvalue weighted by atomic mass is 79.9. The van der Waals surface area contributed by atoms with Gasteiger partial charge in [-0.05, 0) is 41.0 Å². The molecule has 20 heavy (non-hydrogen) atoms. The van der Waals surface area contributed by atoms with Crippen molar-refractivity contribution in [3.8, 4) is 5.75 Å². The van der Waals surface area contributed by atoms with Gasteiger partial charge in [0.2, 0.25) is 10.0 Å². The molecule has 0 aliphatic carbocycles. The Balaban J connectivity index is 2.62. The molecule has 5 nitrogen and oxygen atoms in total. The molecule has 0 radical (unpaired) electrons. The van der Waals surface area contributed by atoms with Crippen molar-refractivity contribution in [1.29, 1.82) is 0 Å². The van der Waals surface area contributed by atoms with Crippen LogP contribution in [0.1, 0.15) is 20.3 Å². The van der Waals surface area contributed by atoms with E-state index >= 15 is 0 Å². The number of sulfonamides is 1. The van der Waals surface area contributed by atoms with Gasteiger partial charge in [-0.25, -0.2) is 8.42 Å². The van der Waals surface area contributed by atoms with Gasteiger partial charge in [0, 0.05) is 16.6 Å². The van der Waals surface area contributed by atoms with Crippen LogP contribution in [0, 0.1) is 0 Å². The minimum Gasteiger partial charge on any atom is -0.497 e. The summed E-state index contributed by atoms with van der Waals surface area (Å²) in [7, 11) is -1.81. The van der Waals surface area contributed by atoms with Crippen molar-refractivity contribution in [3.05, 3.63) is 22.7 Å². The molecule has 0 saturated carbocycles. The highest BCUT2D eigenvalue weighted by molar-refractivity contribution is 9.10. The number of halogens is 1. The van der Waals surface area contributed by atoms with Gasteiger partial charge < -0.3 is 10.1 Å². The quantitative estimate of drug-likeness (QED) is 0.695. The normalized spacial score (nSPS) is 11.7. The summed E-state index contributed by atoms with van der Waals surface area (Å²) in [5, 5.41) is 3.19. The number of benzene rings is 1. The van der Waals surface area contributed by atoms with Crippen LogP contribution < -0.4 is 14.8 Å². The molecule has 1 rings (SSSR count). The molecule has 7 heteroatoms. The lowest BCUT2D eigenvalue weighted by Crippen LogP contribution is -2.26. The smallest absolute Gasteiger partial charge is 0.232 e. The van der Waals surface area contributed by atoms with E-state index in [-0.39, 0.29) is 5.75 Å². The summed E-state index contributed by atoms with van der Waals surface area (Å²) in [5.74, 6) is 0.684. The molecular formula is C13H21BrN2O3S. The Kier molecular flexibility index (Phi) is 6.78. The first-order chi connectivity index (χ1) is 9.34. The Hall–Kier alpha value is -0.790. The van der Waals surface area contributed by atoms with Crippen LogP contribution in [-0.2, 0) is 10.0 Å². The average Bonchev–Trinajstić information content (AvgIpc) is 2.37. The maximum absolute atomic E-state index is 12.0. The summed E-state index contributed by atoms with van der Waals surface area (Å²) >= 11 is 3.32. The number of nitrogens with one attached hydrogen (secondary N) is 2. The van der Waals surface area contributed by atoms with Crippen molar-refractivity contribution >= 4 is 31.6 Å². The second-order valence-corrected chi connectivity index (χ2v) is 7.43. The van der Waals surface area contributed by atoms with E-state index in [1.165, 1.54) is 0 Å². The third kappa shape index (κ3) is 6.11. The van der Waals surface area contributed by atoms with Crippen LogP contribution in [0.4, 0.5) is 5.69 Å². The molecule has 0 spiro atoms. The van der Waals surface area contributed by atoms with Crippen molar-refractivity contribution in [2.24, 2.45) is 0 Å². The number of ether oxygens (including phenoxy) is 1. The molecular weight excluding hydrogens is 344 g/mol. The van der Waals surface area contributed by atoms with E-state index < -0.39 is 10.0 Å². The van der Waals surface area contributed by atoms with Gasteiger partial charge in [-0.1, -0.05) is 13.8 Å². The first-order valence-electron chi connectivity index (χ1n) is 6.41. The van der Waals surface area contributed by atoms with Gasteiger partial charge in [-0.2, -0.15) is 0 Å². The molecule has 1 aromatic carbocycles. The largest absolute Gasteiger partial charge is 0.497 e. The SMILES string of the molecule is COc1ccc(Br)c(NS(=O)(=O)CCCNC(C)C)c1. The van der Waals surface area contributed by atoms with Crippen LogP contribution in [0.25, 0.3) is 0 Å². The zero-order chi connectivity index (χ0) is 15.2. The van der Waals surface area contributed by atoms with E-state index in [0.29, 0.717) is 34.9 Å². The summed E-state index contributed by atoms with van der Waals surface area (Å²) in [5.41, 5.74) is 0.487. The standard InChI is InChI=1S/C13H21BrN2O3S/c1-10(2)15-7-4-8-20(17,18)16-13-9-11(19-3)5-6-12(13)14/h5-6,9-10,15-16H,4,7-8H2,1-3H3. The highest BCUT2D eigenvalue weighted by Gasteiger charge is 2.13. The Morgan fingerprint density at radius 1 is 1.35 bits per heavy atom. The van der Waals surface area contributed by atoms with Crippen molar-refractivity contribution in [2.45, 2.75) is 26.3 Å². The Morgan fingerprint density at radius 3 is 2.65 bits per heavy atom. The fourth-order valence-electron chi connectivity index (χ4n) is 1.58. The summed E-state index contributed by atoms with van der Waals surface area (Å²) < 4.78 is 32.3. The van der Waals surface area contributed by atoms with Crippen LogP contribution in [0.3, 0.4) is 0 Å². The summed E-state index contributed by atoms with van der Waals surface area (Å²) in [6.07, 6.45) is 0.565. The van der Waals surface area contributed by atoms with Gasteiger partial charge in [0.05, 0.1) is 18.6 Å². The summed E-state index contributed by atoms with van der Waals surface area (Å²) in [6, 6.07) is 5.51. The molecule has 0 aromatic heterocycles. The van der Waals surface area contributed by atoms with Crippen LogP contribution in [0.2, 0.25) is 0 Å². The van der Waals surface area contributed by atoms with Crippen molar-refractivity contribution in [2.75, 3.05) is 24.1 Å². The Bertz CT molecular complexity index is 532. The minimum absolute atomic E-state index is 0.0797. The van der Waals surface area contributed by atoms with E-state index in [4.69, 9.17) is 4.74 Å². The van der Waals surface area contributed by atoms with E-state index in [0.717, 1.165) is 0 Å². The molecule has 2 N–H and O–H groups in total. The maximum Gasteiger partial charge on any atom is 0.232 e. The zero-order valence-corrected chi connectivity index (χ0v) is 14.3. The van der Waals surface area contributed by atoms with Crippen LogP contribution in [-0.4, -0.2) is 33.9 Å². The maximum atomic E-state index is 12.0. The van der Waals surface area contributed by atoms with E-state index in [2.05, 4.69) is 26.0 Å². The molecule has 0 heterocycles. The summed E-state index contributed by atoms with van der Waals surface area (Å²) in [4.78, 5) is 0. The molecule has 0 unspecified atom stereocenters. The average molecular weight is 365 g/mol. The van der Waals surface area contributed by atoms with E-state index in [1.807, 2.05) is 13.8 Å². The number of anilines is 1. The lowest BCUT2D eigenvalue weighted by molar-refractivity contribution is 0.415. The second kappa shape index (κ2) is 7.85. The van der Waals surface area contributed by atoms with E-state index in [1.54, 1.807) is 25.3 Å². The number of hydrogen-bond donors (Lipinski definition) is 2. The van der Waals surface area contributed by atoms with Gasteiger partial charge in [0.25, 0.3) is 0 Å². The zero-order valence-electron chi connectivity index (χ0n) is 11.9. The number of rotatable bonds is 8. The second-order valence-electron chi connectivity index (χ2n) is 4.73. The monoisotopic (exact) mass is 364 g/mol. The molecule has 0 saturated heterocycles. The Morgan fingerprint density at radius 2 is 2.05 bits per heavy atom. The summed E-state index contributed by atoms with van der Waals surface area (Å²) in [6.45, 7) is 4.73. The molecule has 1 aromatic rings. The molecule has 0 fully saturated rings. The molecule has 0 amide bonds. The van der Waals surface area contributed by atoms with Crippen LogP contribution in [0.15, 0.2) is 22.7 Å². The fraction of sp³-hybridized carbons (Fsp3) is 0.538. The Labute approximate surface area is 129 Å². The highest BCUT2D eigenvalue weighted by Crippen LogP contribution is 2.27. The number of methoxy groups -OCH3 is 1. The van der Waals surface area contributed by atoms with Gasteiger partial charge in [-0.15, -0.1) is 0 Å². The lowest BCUT2D eigenvalue weighted by atomic mass is 10.3. The van der Waals surface area contributed by atoms with Crippen LogP contribution in [0.5, 0.6) is 5.75 Å².